The molecule has 2 fully saturated rings. The minimum Gasteiger partial charge on any atom is -0.338 e. The zero-order valence-corrected chi connectivity index (χ0v) is 12.6. The van der Waals surface area contributed by atoms with Gasteiger partial charge in [-0.25, -0.2) is 0 Å². The molecule has 2 N–H and O–H groups in total. The van der Waals surface area contributed by atoms with E-state index in [4.69, 9.17) is 17.3 Å². The molecule has 1 heterocycles. The number of rotatable bonds is 1. The van der Waals surface area contributed by atoms with E-state index in [9.17, 15) is 4.79 Å². The molecule has 108 valence electrons. The van der Waals surface area contributed by atoms with Gasteiger partial charge in [0.15, 0.2) is 0 Å². The van der Waals surface area contributed by atoms with Crippen LogP contribution in [0.5, 0.6) is 0 Å². The fraction of sp³-hybridized carbons (Fsp3) is 0.562. The summed E-state index contributed by atoms with van der Waals surface area (Å²) in [4.78, 5) is 14.6. The van der Waals surface area contributed by atoms with Crippen LogP contribution in [0.1, 0.15) is 35.2 Å². The van der Waals surface area contributed by atoms with E-state index in [2.05, 4.69) is 0 Å². The van der Waals surface area contributed by atoms with E-state index < -0.39 is 0 Å². The normalized spacial score (nSPS) is 29.4. The second-order valence-corrected chi connectivity index (χ2v) is 6.67. The highest BCUT2D eigenvalue weighted by atomic mass is 35.5. The topological polar surface area (TPSA) is 46.3 Å². The Kier molecular flexibility index (Phi) is 3.74. The smallest absolute Gasteiger partial charge is 0.253 e. The number of hydrogen-bond donors (Lipinski definition) is 1. The van der Waals surface area contributed by atoms with E-state index in [-0.39, 0.29) is 5.91 Å². The van der Waals surface area contributed by atoms with Gasteiger partial charge in [-0.3, -0.25) is 4.79 Å². The average Bonchev–Trinajstić information content (AvgIpc) is 2.84. The molecule has 1 aromatic carbocycles. The number of carbonyl (C=O) groups excluding carboxylic acids is 1. The third-order valence-electron chi connectivity index (χ3n) is 4.78. The largest absolute Gasteiger partial charge is 0.338 e. The predicted octanol–water partition coefficient (Wildman–Crippen LogP) is 2.85. The van der Waals surface area contributed by atoms with Crippen LogP contribution in [-0.4, -0.2) is 29.9 Å². The van der Waals surface area contributed by atoms with Crippen molar-refractivity contribution in [3.05, 3.63) is 34.3 Å². The second-order valence-electron chi connectivity index (χ2n) is 6.27. The van der Waals surface area contributed by atoms with Gasteiger partial charge in [0.2, 0.25) is 0 Å². The van der Waals surface area contributed by atoms with Crippen LogP contribution < -0.4 is 5.73 Å². The van der Waals surface area contributed by atoms with E-state index in [0.29, 0.717) is 22.9 Å². The SMILES string of the molecule is Cc1cc(C(=O)N2C[C@H]3CCC(N)C[C@H]3C2)ccc1Cl. The number of nitrogens with zero attached hydrogens (tertiary/aromatic N) is 1. The van der Waals surface area contributed by atoms with Crippen molar-refractivity contribution in [3.8, 4) is 0 Å². The van der Waals surface area contributed by atoms with Crippen LogP contribution in [0.2, 0.25) is 5.02 Å². The van der Waals surface area contributed by atoms with E-state index in [0.717, 1.165) is 43.5 Å². The maximum Gasteiger partial charge on any atom is 0.253 e. The van der Waals surface area contributed by atoms with Crippen LogP contribution in [0.15, 0.2) is 18.2 Å². The molecule has 20 heavy (non-hydrogen) atoms. The number of benzene rings is 1. The van der Waals surface area contributed by atoms with Crippen molar-refractivity contribution < 1.29 is 4.79 Å². The van der Waals surface area contributed by atoms with Crippen LogP contribution in [0.25, 0.3) is 0 Å². The number of amides is 1. The fourth-order valence-corrected chi connectivity index (χ4v) is 3.71. The van der Waals surface area contributed by atoms with Crippen LogP contribution in [0.4, 0.5) is 0 Å². The number of nitrogens with two attached hydrogens (primary N) is 1. The summed E-state index contributed by atoms with van der Waals surface area (Å²) >= 11 is 6.02. The van der Waals surface area contributed by atoms with E-state index in [1.54, 1.807) is 0 Å². The highest BCUT2D eigenvalue weighted by Crippen LogP contribution is 2.36. The summed E-state index contributed by atoms with van der Waals surface area (Å²) in [6.45, 7) is 3.68. The summed E-state index contributed by atoms with van der Waals surface area (Å²) in [5, 5.41) is 0.711. The maximum atomic E-state index is 12.6. The van der Waals surface area contributed by atoms with Gasteiger partial charge in [-0.05, 0) is 61.8 Å². The molecule has 0 radical (unpaired) electrons. The van der Waals surface area contributed by atoms with E-state index in [1.165, 1.54) is 0 Å². The van der Waals surface area contributed by atoms with Gasteiger partial charge in [0.1, 0.15) is 0 Å². The number of halogens is 1. The molecule has 1 unspecified atom stereocenters. The monoisotopic (exact) mass is 292 g/mol. The molecule has 1 saturated carbocycles. The number of likely N-dealkylation sites (tertiary alicyclic amines) is 1. The lowest BCUT2D eigenvalue weighted by atomic mass is 9.79. The summed E-state index contributed by atoms with van der Waals surface area (Å²) in [5.41, 5.74) is 7.74. The van der Waals surface area contributed by atoms with Crippen molar-refractivity contribution in [1.29, 1.82) is 0 Å². The Hall–Kier alpha value is -1.06. The summed E-state index contributed by atoms with van der Waals surface area (Å²) < 4.78 is 0. The van der Waals surface area contributed by atoms with Gasteiger partial charge in [-0.2, -0.15) is 0 Å². The maximum absolute atomic E-state index is 12.6. The number of carbonyl (C=O) groups is 1. The van der Waals surface area contributed by atoms with E-state index in [1.807, 2.05) is 30.0 Å². The Morgan fingerprint density at radius 3 is 2.80 bits per heavy atom. The van der Waals surface area contributed by atoms with Gasteiger partial charge in [0, 0.05) is 29.7 Å². The number of hydrogen-bond acceptors (Lipinski definition) is 2. The molecular formula is C16H21ClN2O. The molecule has 3 atom stereocenters. The van der Waals surface area contributed by atoms with Crippen molar-refractivity contribution in [2.24, 2.45) is 17.6 Å². The summed E-state index contributed by atoms with van der Waals surface area (Å²) in [6, 6.07) is 5.84. The van der Waals surface area contributed by atoms with Gasteiger partial charge in [0.25, 0.3) is 5.91 Å². The van der Waals surface area contributed by atoms with Gasteiger partial charge < -0.3 is 10.6 Å². The number of fused-ring (bicyclic) bond motifs is 1. The molecule has 3 rings (SSSR count). The third-order valence-corrected chi connectivity index (χ3v) is 5.21. The second kappa shape index (κ2) is 5.38. The Balaban J connectivity index is 1.73. The van der Waals surface area contributed by atoms with Gasteiger partial charge >= 0.3 is 0 Å². The Labute approximate surface area is 125 Å². The highest BCUT2D eigenvalue weighted by Gasteiger charge is 2.38. The van der Waals surface area contributed by atoms with Crippen LogP contribution >= 0.6 is 11.6 Å². The lowest BCUT2D eigenvalue weighted by Gasteiger charge is -2.27. The summed E-state index contributed by atoms with van der Waals surface area (Å²) in [6.07, 6.45) is 3.33. The van der Waals surface area contributed by atoms with Gasteiger partial charge in [0.05, 0.1) is 0 Å². The number of aryl methyl sites for hydroxylation is 1. The minimum atomic E-state index is 0.132. The highest BCUT2D eigenvalue weighted by molar-refractivity contribution is 6.31. The first-order valence-electron chi connectivity index (χ1n) is 7.35. The lowest BCUT2D eigenvalue weighted by Crippen LogP contribution is -2.32. The Bertz CT molecular complexity index is 531. The van der Waals surface area contributed by atoms with Gasteiger partial charge in [-0.1, -0.05) is 11.6 Å². The first kappa shape index (κ1) is 13.9. The lowest BCUT2D eigenvalue weighted by molar-refractivity contribution is 0.0784. The quantitative estimate of drug-likeness (QED) is 0.865. The van der Waals surface area contributed by atoms with Crippen molar-refractivity contribution in [3.63, 3.8) is 0 Å². The molecule has 1 aliphatic heterocycles. The molecule has 1 saturated heterocycles. The van der Waals surface area contributed by atoms with Gasteiger partial charge in [-0.15, -0.1) is 0 Å². The predicted molar refractivity (Wildman–Crippen MR) is 80.9 cm³/mol. The zero-order valence-electron chi connectivity index (χ0n) is 11.8. The van der Waals surface area contributed by atoms with Crippen molar-refractivity contribution in [1.82, 2.24) is 4.90 Å². The summed E-state index contributed by atoms with van der Waals surface area (Å²) in [5.74, 6) is 1.37. The Morgan fingerprint density at radius 2 is 2.05 bits per heavy atom. The molecule has 1 amide bonds. The molecule has 0 bridgehead atoms. The standard InChI is InChI=1S/C16H21ClN2O/c1-10-6-11(3-5-15(10)17)16(20)19-8-12-2-4-14(18)7-13(12)9-19/h3,5-6,12-14H,2,4,7-9,18H2,1H3/t12-,13+,14?/m1/s1. The fourth-order valence-electron chi connectivity index (χ4n) is 3.59. The molecule has 0 spiro atoms. The van der Waals surface area contributed by atoms with Crippen molar-refractivity contribution in [2.75, 3.05) is 13.1 Å². The molecule has 4 heteroatoms. The zero-order chi connectivity index (χ0) is 14.3. The average molecular weight is 293 g/mol. The van der Waals surface area contributed by atoms with Crippen LogP contribution in [0, 0.1) is 18.8 Å². The minimum absolute atomic E-state index is 0.132. The molecule has 1 aliphatic carbocycles. The molecular weight excluding hydrogens is 272 g/mol. The molecule has 3 nitrogen and oxygen atoms in total. The van der Waals surface area contributed by atoms with E-state index >= 15 is 0 Å². The van der Waals surface area contributed by atoms with Crippen LogP contribution in [0.3, 0.4) is 0 Å². The van der Waals surface area contributed by atoms with Crippen molar-refractivity contribution in [2.45, 2.75) is 32.2 Å². The summed E-state index contributed by atoms with van der Waals surface area (Å²) in [7, 11) is 0. The molecule has 1 aromatic rings. The first-order chi connectivity index (χ1) is 9.54. The molecule has 0 aromatic heterocycles. The van der Waals surface area contributed by atoms with Crippen molar-refractivity contribution >= 4 is 17.5 Å². The Morgan fingerprint density at radius 1 is 1.30 bits per heavy atom. The third kappa shape index (κ3) is 2.57. The van der Waals surface area contributed by atoms with Crippen LogP contribution in [-0.2, 0) is 0 Å². The first-order valence-corrected chi connectivity index (χ1v) is 7.73. The molecule has 2 aliphatic rings.